The first-order valence-corrected chi connectivity index (χ1v) is 22.1. The van der Waals surface area contributed by atoms with E-state index in [0.29, 0.717) is 6.42 Å². The van der Waals surface area contributed by atoms with Gasteiger partial charge in [0.15, 0.2) is 6.10 Å². The van der Waals surface area contributed by atoms with Crippen molar-refractivity contribution < 1.29 is 28.6 Å². The smallest absolute Gasteiger partial charge is 0.309 e. The Hall–Kier alpha value is -4.19. The van der Waals surface area contributed by atoms with Gasteiger partial charge < -0.3 is 14.2 Å². The molecule has 6 heteroatoms. The van der Waals surface area contributed by atoms with Gasteiger partial charge in [0.25, 0.3) is 0 Å². The van der Waals surface area contributed by atoms with Crippen LogP contribution in [0.25, 0.3) is 0 Å². The number of rotatable bonds is 37. The minimum atomic E-state index is -0.847. The molecule has 0 aromatic heterocycles. The van der Waals surface area contributed by atoms with Crippen LogP contribution in [0.4, 0.5) is 0 Å². The van der Waals surface area contributed by atoms with Gasteiger partial charge in [0.2, 0.25) is 0 Å². The van der Waals surface area contributed by atoms with Crippen LogP contribution in [0.15, 0.2) is 122 Å². The normalized spacial score (nSPS) is 13.2. The number of unbranched alkanes of at least 4 members (excludes halogenated alkanes) is 9. The van der Waals surface area contributed by atoms with Gasteiger partial charge in [-0.2, -0.15) is 0 Å². The van der Waals surface area contributed by atoms with Gasteiger partial charge in [0, 0.05) is 12.8 Å². The van der Waals surface area contributed by atoms with Crippen molar-refractivity contribution in [2.45, 2.75) is 168 Å². The molecular formula is C51H78O6. The van der Waals surface area contributed by atoms with Crippen LogP contribution in [0.2, 0.25) is 0 Å². The zero-order valence-electron chi connectivity index (χ0n) is 36.0. The maximum absolute atomic E-state index is 12.7. The highest BCUT2D eigenvalue weighted by atomic mass is 16.6. The molecule has 0 amide bonds. The lowest BCUT2D eigenvalue weighted by Gasteiger charge is -2.18. The third-order valence-electron chi connectivity index (χ3n) is 8.53. The van der Waals surface area contributed by atoms with Gasteiger partial charge in [0.05, 0.1) is 6.42 Å². The van der Waals surface area contributed by atoms with Crippen molar-refractivity contribution >= 4 is 17.9 Å². The number of carbonyl (C=O) groups excluding carboxylic acids is 3. The number of allylic oxidation sites excluding steroid dienone is 19. The van der Waals surface area contributed by atoms with Crippen molar-refractivity contribution in [2.75, 3.05) is 13.2 Å². The van der Waals surface area contributed by atoms with E-state index in [9.17, 15) is 14.4 Å². The molecular weight excluding hydrogens is 709 g/mol. The molecule has 0 fully saturated rings. The van der Waals surface area contributed by atoms with Crippen molar-refractivity contribution in [3.8, 4) is 0 Å². The van der Waals surface area contributed by atoms with E-state index in [0.717, 1.165) is 89.9 Å². The lowest BCUT2D eigenvalue weighted by Crippen LogP contribution is -2.30. The fourth-order valence-electron chi connectivity index (χ4n) is 5.26. The van der Waals surface area contributed by atoms with Crippen LogP contribution in [0.1, 0.15) is 162 Å². The summed E-state index contributed by atoms with van der Waals surface area (Å²) in [5.74, 6) is -1.16. The number of carbonyl (C=O) groups is 3. The van der Waals surface area contributed by atoms with E-state index in [1.807, 2.05) is 18.2 Å². The minimum absolute atomic E-state index is 0.115. The molecule has 1 atom stereocenters. The molecule has 0 aromatic carbocycles. The van der Waals surface area contributed by atoms with Crippen LogP contribution in [-0.2, 0) is 28.6 Å². The monoisotopic (exact) mass is 787 g/mol. The summed E-state index contributed by atoms with van der Waals surface area (Å²) in [4.78, 5) is 37.6. The molecule has 0 aliphatic rings. The van der Waals surface area contributed by atoms with Gasteiger partial charge in [-0.15, -0.1) is 0 Å². The van der Waals surface area contributed by atoms with Gasteiger partial charge in [-0.25, -0.2) is 0 Å². The number of ether oxygens (including phenoxy) is 3. The van der Waals surface area contributed by atoms with Crippen LogP contribution in [-0.4, -0.2) is 37.2 Å². The highest BCUT2D eigenvalue weighted by molar-refractivity contribution is 5.72. The maximum atomic E-state index is 12.7. The quantitative estimate of drug-likeness (QED) is 0.0205. The molecule has 1 unspecified atom stereocenters. The fraction of sp³-hybridized carbons (Fsp3) is 0.549. The summed E-state index contributed by atoms with van der Waals surface area (Å²) in [5, 5.41) is 0. The van der Waals surface area contributed by atoms with Crippen LogP contribution in [0, 0.1) is 0 Å². The predicted octanol–water partition coefficient (Wildman–Crippen LogP) is 14.2. The second-order valence-electron chi connectivity index (χ2n) is 13.9. The average molecular weight is 787 g/mol. The molecule has 0 aliphatic heterocycles. The van der Waals surface area contributed by atoms with E-state index in [1.54, 1.807) is 6.08 Å². The topological polar surface area (TPSA) is 78.9 Å². The third-order valence-corrected chi connectivity index (χ3v) is 8.53. The molecule has 0 aromatic rings. The summed E-state index contributed by atoms with van der Waals surface area (Å²) >= 11 is 0. The van der Waals surface area contributed by atoms with Crippen molar-refractivity contribution in [1.29, 1.82) is 0 Å². The van der Waals surface area contributed by atoms with E-state index >= 15 is 0 Å². The molecule has 0 aliphatic carbocycles. The molecule has 0 heterocycles. The van der Waals surface area contributed by atoms with Crippen LogP contribution >= 0.6 is 0 Å². The number of hydrogen-bond acceptors (Lipinski definition) is 6. The summed E-state index contributed by atoms with van der Waals surface area (Å²) in [5.41, 5.74) is 0. The van der Waals surface area contributed by atoms with E-state index in [-0.39, 0.29) is 44.4 Å². The van der Waals surface area contributed by atoms with Crippen molar-refractivity contribution in [3.05, 3.63) is 122 Å². The highest BCUT2D eigenvalue weighted by Gasteiger charge is 2.19. The summed E-state index contributed by atoms with van der Waals surface area (Å²) < 4.78 is 16.5. The zero-order valence-corrected chi connectivity index (χ0v) is 36.0. The van der Waals surface area contributed by atoms with Crippen molar-refractivity contribution in [2.24, 2.45) is 0 Å². The largest absolute Gasteiger partial charge is 0.462 e. The van der Waals surface area contributed by atoms with Gasteiger partial charge in [-0.3, -0.25) is 14.4 Å². The average Bonchev–Trinajstić information content (AvgIpc) is 3.21. The van der Waals surface area contributed by atoms with Gasteiger partial charge in [-0.05, 0) is 89.9 Å². The first kappa shape index (κ1) is 52.8. The molecule has 0 saturated carbocycles. The molecule has 0 rings (SSSR count). The highest BCUT2D eigenvalue weighted by Crippen LogP contribution is 2.10. The first-order chi connectivity index (χ1) is 28.0. The Morgan fingerprint density at radius 2 is 0.860 bits per heavy atom. The second-order valence-corrected chi connectivity index (χ2v) is 13.9. The van der Waals surface area contributed by atoms with E-state index in [1.165, 1.54) is 25.7 Å². The zero-order chi connectivity index (χ0) is 41.5. The van der Waals surface area contributed by atoms with Gasteiger partial charge in [0.1, 0.15) is 13.2 Å². The number of esters is 3. The molecule has 318 valence electrons. The minimum Gasteiger partial charge on any atom is -0.462 e. The lowest BCUT2D eigenvalue weighted by molar-refractivity contribution is -0.166. The molecule has 0 saturated heterocycles. The SMILES string of the molecule is CC\C=C/C=C\C=C/CCCCCCCC(=O)OC(COC(=O)C/C=C\C/C=C\C/C=C\CC)COC(=O)CCC/C=C\C/C=C\C/C=C\C/C=C\CCCCC. The van der Waals surface area contributed by atoms with Crippen LogP contribution < -0.4 is 0 Å². The lowest BCUT2D eigenvalue weighted by atomic mass is 10.1. The Morgan fingerprint density at radius 3 is 1.47 bits per heavy atom. The standard InChI is InChI=1S/C51H78O6/c1-4-7-10-13-16-19-21-23-24-25-26-28-29-32-35-38-41-44-50(53)56-47-48(46-55-49(52)43-40-37-34-31-18-15-12-9-6-3)57-51(54)45-42-39-36-33-30-27-22-20-17-14-11-8-5-2/h8-9,11-12,14,16-20,22-24,26,28,31-32,35,37,40,48H,4-7,10,13,15,21,25,27,29-30,33-34,36,38-39,41-47H2,1-3H3/b11-8-,12-9-,17-14-,19-16-,22-20-,24-23-,28-26-,31-18-,35-32-,40-37-. The summed E-state index contributed by atoms with van der Waals surface area (Å²) in [6, 6.07) is 0. The second kappa shape index (κ2) is 44.5. The Balaban J connectivity index is 4.57. The molecule has 0 radical (unpaired) electrons. The maximum Gasteiger partial charge on any atom is 0.309 e. The van der Waals surface area contributed by atoms with Gasteiger partial charge >= 0.3 is 17.9 Å². The molecule has 57 heavy (non-hydrogen) atoms. The molecule has 0 N–H and O–H groups in total. The summed E-state index contributed by atoms with van der Waals surface area (Å²) in [6.45, 7) is 6.15. The predicted molar refractivity (Wildman–Crippen MR) is 242 cm³/mol. The Bertz CT molecular complexity index is 1270. The van der Waals surface area contributed by atoms with E-state index in [2.05, 4.69) is 118 Å². The fourth-order valence-corrected chi connectivity index (χ4v) is 5.26. The molecule has 0 bridgehead atoms. The van der Waals surface area contributed by atoms with Crippen LogP contribution in [0.3, 0.4) is 0 Å². The van der Waals surface area contributed by atoms with E-state index in [4.69, 9.17) is 14.2 Å². The summed E-state index contributed by atoms with van der Waals surface area (Å²) in [7, 11) is 0. The van der Waals surface area contributed by atoms with Gasteiger partial charge in [-0.1, -0.05) is 174 Å². The Kier molecular flexibility index (Phi) is 41.3. The Labute approximate surface area is 348 Å². The van der Waals surface area contributed by atoms with Crippen LogP contribution in [0.5, 0.6) is 0 Å². The van der Waals surface area contributed by atoms with Crippen molar-refractivity contribution in [3.63, 3.8) is 0 Å². The van der Waals surface area contributed by atoms with Crippen molar-refractivity contribution in [1.82, 2.24) is 0 Å². The third kappa shape index (κ3) is 42.8. The molecule has 6 nitrogen and oxygen atoms in total. The Morgan fingerprint density at radius 1 is 0.404 bits per heavy atom. The number of hydrogen-bond donors (Lipinski definition) is 0. The summed E-state index contributed by atoms with van der Waals surface area (Å²) in [6.07, 6.45) is 60.8. The first-order valence-electron chi connectivity index (χ1n) is 22.1. The molecule has 0 spiro atoms. The van der Waals surface area contributed by atoms with E-state index < -0.39 is 12.1 Å².